The summed E-state index contributed by atoms with van der Waals surface area (Å²) in [6.07, 6.45) is 1.85. The number of aliphatic imine (C=N–C) groups is 1. The summed E-state index contributed by atoms with van der Waals surface area (Å²) in [4.78, 5) is 23.8. The van der Waals surface area contributed by atoms with Crippen molar-refractivity contribution in [1.29, 1.82) is 0 Å². The third-order valence-electron chi connectivity index (χ3n) is 4.78. The van der Waals surface area contributed by atoms with Crippen molar-refractivity contribution in [2.75, 3.05) is 37.8 Å². The number of hydrogen-bond donors (Lipinski definition) is 2. The molecule has 0 unspecified atom stereocenters. The summed E-state index contributed by atoms with van der Waals surface area (Å²) in [5.41, 5.74) is 3.53. The predicted molar refractivity (Wildman–Crippen MR) is 131 cm³/mol. The lowest BCUT2D eigenvalue weighted by molar-refractivity contribution is -0.113. The van der Waals surface area contributed by atoms with Gasteiger partial charge in [-0.15, -0.1) is 0 Å². The third-order valence-corrected chi connectivity index (χ3v) is 6.01. The Balaban J connectivity index is 1.51. The summed E-state index contributed by atoms with van der Waals surface area (Å²) in [5, 5.41) is 7.57. The monoisotopic (exact) mass is 454 g/mol. The number of fused-ring (bicyclic) bond motifs is 1. The number of thioether (sulfide) groups is 1. The van der Waals surface area contributed by atoms with Crippen molar-refractivity contribution in [3.05, 3.63) is 58.0 Å². The fourth-order valence-electron chi connectivity index (χ4n) is 3.14. The zero-order valence-electron chi connectivity index (χ0n) is 17.5. The van der Waals surface area contributed by atoms with E-state index in [1.807, 2.05) is 68.2 Å². The molecule has 4 rings (SSSR count). The lowest BCUT2D eigenvalue weighted by Crippen LogP contribution is -2.21. The number of hydrogen-bond acceptors (Lipinski definition) is 6. The summed E-state index contributed by atoms with van der Waals surface area (Å²) < 4.78 is 2.03. The van der Waals surface area contributed by atoms with E-state index in [0.29, 0.717) is 15.1 Å². The number of nitrogens with zero attached hydrogens (tertiary/aromatic N) is 4. The topological polar surface area (TPSA) is 74.6 Å². The first-order chi connectivity index (χ1) is 14.9. The van der Waals surface area contributed by atoms with Gasteiger partial charge in [-0.25, -0.2) is 4.98 Å². The minimum atomic E-state index is -0.268. The molecule has 2 aromatic carbocycles. The number of aryl methyl sites for hydroxylation is 1. The molecule has 7 nitrogen and oxygen atoms in total. The van der Waals surface area contributed by atoms with Crippen LogP contribution in [0.2, 0.25) is 5.02 Å². The van der Waals surface area contributed by atoms with Gasteiger partial charge in [-0.3, -0.25) is 4.79 Å². The number of anilines is 2. The maximum absolute atomic E-state index is 12.4. The fourth-order valence-corrected chi connectivity index (χ4v) is 4.15. The second kappa shape index (κ2) is 9.13. The Morgan fingerprint density at radius 1 is 1.23 bits per heavy atom. The molecule has 1 aliphatic rings. The molecule has 0 saturated heterocycles. The number of rotatable bonds is 6. The van der Waals surface area contributed by atoms with Crippen LogP contribution in [0, 0.1) is 0 Å². The van der Waals surface area contributed by atoms with Crippen LogP contribution in [0.3, 0.4) is 0 Å². The third kappa shape index (κ3) is 4.92. The number of aromatic nitrogens is 2. The molecule has 0 aliphatic carbocycles. The van der Waals surface area contributed by atoms with Crippen molar-refractivity contribution >= 4 is 63.2 Å². The molecule has 0 bridgehead atoms. The Kier molecular flexibility index (Phi) is 6.31. The minimum Gasteiger partial charge on any atom is -0.354 e. The maximum atomic E-state index is 12.4. The molecular formula is C22H23ClN6OS. The number of amidine groups is 1. The van der Waals surface area contributed by atoms with E-state index in [9.17, 15) is 4.79 Å². The average molecular weight is 455 g/mol. The van der Waals surface area contributed by atoms with Crippen molar-refractivity contribution in [2.45, 2.75) is 0 Å². The first-order valence-corrected chi connectivity index (χ1v) is 11.0. The Morgan fingerprint density at radius 2 is 2.03 bits per heavy atom. The molecule has 1 aromatic heterocycles. The maximum Gasteiger partial charge on any atom is 0.286 e. The standard InChI is InChI=1S/C22H23ClN6OS/c1-28(2)11-10-24-21-25-17-9-8-14(12-18(17)29(21)3)13-19-20(30)27-22(31-19)26-16-7-5-4-6-15(16)23/h4-9,12-13H,10-11H2,1-3H3,(H,24,25)(H,26,27,30). The zero-order chi connectivity index (χ0) is 22.0. The van der Waals surface area contributed by atoms with Crippen molar-refractivity contribution in [2.24, 2.45) is 12.0 Å². The lowest BCUT2D eigenvalue weighted by Gasteiger charge is -2.10. The number of carbonyl (C=O) groups is 1. The van der Waals surface area contributed by atoms with Crippen LogP contribution in [-0.4, -0.2) is 52.7 Å². The molecule has 1 amide bonds. The van der Waals surface area contributed by atoms with Gasteiger partial charge in [0, 0.05) is 20.1 Å². The zero-order valence-corrected chi connectivity index (χ0v) is 19.1. The molecule has 3 aromatic rings. The largest absolute Gasteiger partial charge is 0.354 e. The number of nitrogens with one attached hydrogen (secondary N) is 2. The van der Waals surface area contributed by atoms with Crippen molar-refractivity contribution in [3.63, 3.8) is 0 Å². The van der Waals surface area contributed by atoms with Gasteiger partial charge in [-0.1, -0.05) is 29.8 Å². The molecule has 31 heavy (non-hydrogen) atoms. The number of carbonyl (C=O) groups excluding carboxylic acids is 1. The SMILES string of the molecule is CN(C)CCNc1nc2ccc(C=C3SC(Nc4ccccc4Cl)=NC3=O)cc2n1C. The second-order valence-electron chi connectivity index (χ2n) is 7.41. The fraction of sp³-hybridized carbons (Fsp3) is 0.227. The average Bonchev–Trinajstić information content (AvgIpc) is 3.23. The summed E-state index contributed by atoms with van der Waals surface area (Å²) in [6, 6.07) is 13.3. The van der Waals surface area contributed by atoms with Gasteiger partial charge in [0.15, 0.2) is 5.17 Å². The van der Waals surface area contributed by atoms with Crippen molar-refractivity contribution in [3.8, 4) is 0 Å². The van der Waals surface area contributed by atoms with Crippen LogP contribution in [0.5, 0.6) is 0 Å². The van der Waals surface area contributed by atoms with E-state index in [1.54, 1.807) is 6.07 Å². The van der Waals surface area contributed by atoms with Gasteiger partial charge in [0.25, 0.3) is 5.91 Å². The molecule has 1 aliphatic heterocycles. The van der Waals surface area contributed by atoms with E-state index >= 15 is 0 Å². The Bertz CT molecular complexity index is 1200. The predicted octanol–water partition coefficient (Wildman–Crippen LogP) is 4.28. The summed E-state index contributed by atoms with van der Waals surface area (Å²) in [6.45, 7) is 1.73. The quantitative estimate of drug-likeness (QED) is 0.541. The first kappa shape index (κ1) is 21.4. The van der Waals surface area contributed by atoms with Crippen molar-refractivity contribution < 1.29 is 4.79 Å². The molecule has 0 spiro atoms. The highest BCUT2D eigenvalue weighted by molar-refractivity contribution is 8.18. The normalized spacial score (nSPS) is 15.2. The van der Waals surface area contributed by atoms with Gasteiger partial charge < -0.3 is 20.1 Å². The molecule has 0 saturated carbocycles. The van der Waals surface area contributed by atoms with E-state index in [0.717, 1.165) is 41.3 Å². The highest BCUT2D eigenvalue weighted by Gasteiger charge is 2.22. The highest BCUT2D eigenvalue weighted by Crippen LogP contribution is 2.31. The smallest absolute Gasteiger partial charge is 0.286 e. The highest BCUT2D eigenvalue weighted by atomic mass is 35.5. The summed E-state index contributed by atoms with van der Waals surface area (Å²) in [5.74, 6) is 0.554. The molecule has 0 fully saturated rings. The van der Waals surface area contributed by atoms with E-state index in [2.05, 4.69) is 25.5 Å². The molecule has 0 radical (unpaired) electrons. The van der Waals surface area contributed by atoms with E-state index in [4.69, 9.17) is 11.6 Å². The van der Waals surface area contributed by atoms with Gasteiger partial charge in [0.2, 0.25) is 5.95 Å². The van der Waals surface area contributed by atoms with Gasteiger partial charge >= 0.3 is 0 Å². The summed E-state index contributed by atoms with van der Waals surface area (Å²) >= 11 is 7.48. The van der Waals surface area contributed by atoms with Crippen LogP contribution in [0.15, 0.2) is 52.4 Å². The van der Waals surface area contributed by atoms with Crippen LogP contribution in [0.25, 0.3) is 17.1 Å². The molecule has 0 atom stereocenters. The van der Waals surface area contributed by atoms with Gasteiger partial charge in [-0.2, -0.15) is 4.99 Å². The molecule has 2 heterocycles. The Morgan fingerprint density at radius 3 is 2.81 bits per heavy atom. The van der Waals surface area contributed by atoms with Crippen LogP contribution in [-0.2, 0) is 11.8 Å². The Hall–Kier alpha value is -2.81. The Labute approximate surface area is 190 Å². The number of amides is 1. The second-order valence-corrected chi connectivity index (χ2v) is 8.85. The van der Waals surface area contributed by atoms with E-state index in [-0.39, 0.29) is 5.91 Å². The number of likely N-dealkylation sites (N-methyl/N-ethyl adjacent to an activating group) is 1. The van der Waals surface area contributed by atoms with Crippen molar-refractivity contribution in [1.82, 2.24) is 14.5 Å². The number of para-hydroxylation sites is 1. The number of benzene rings is 2. The summed E-state index contributed by atoms with van der Waals surface area (Å²) in [7, 11) is 6.06. The molecular weight excluding hydrogens is 432 g/mol. The molecule has 9 heteroatoms. The number of halogens is 1. The number of imidazole rings is 1. The van der Waals surface area contributed by atoms with Gasteiger partial charge in [0.1, 0.15) is 0 Å². The van der Waals surface area contributed by atoms with Gasteiger partial charge in [-0.05, 0) is 61.8 Å². The molecule has 2 N–H and O–H groups in total. The van der Waals surface area contributed by atoms with Crippen LogP contribution in [0.1, 0.15) is 5.56 Å². The van der Waals surface area contributed by atoms with E-state index in [1.165, 1.54) is 11.8 Å². The van der Waals surface area contributed by atoms with Crippen LogP contribution < -0.4 is 10.6 Å². The van der Waals surface area contributed by atoms with Crippen LogP contribution in [0.4, 0.5) is 11.6 Å². The van der Waals surface area contributed by atoms with Crippen LogP contribution >= 0.6 is 23.4 Å². The van der Waals surface area contributed by atoms with E-state index < -0.39 is 0 Å². The van der Waals surface area contributed by atoms with Gasteiger partial charge in [0.05, 0.1) is 26.6 Å². The lowest BCUT2D eigenvalue weighted by atomic mass is 10.2. The first-order valence-electron chi connectivity index (χ1n) is 9.80. The molecule has 160 valence electrons. The minimum absolute atomic E-state index is 0.268.